The maximum absolute atomic E-state index is 8.73. The molecule has 2 nitrogen and oxygen atoms in total. The molecule has 0 saturated carbocycles. The summed E-state index contributed by atoms with van der Waals surface area (Å²) in [5.41, 5.74) is 6.95. The van der Waals surface area contributed by atoms with Crippen LogP contribution in [0.4, 0.5) is 0 Å². The predicted octanol–water partition coefficient (Wildman–Crippen LogP) is 2.57. The average Bonchev–Trinajstić information content (AvgIpc) is 2.49. The Balaban J connectivity index is 3.12. The molecule has 1 aromatic heterocycles. The number of rotatable bonds is 1. The molecule has 0 aliphatic carbocycles. The van der Waals surface area contributed by atoms with Crippen LogP contribution in [-0.4, -0.2) is 0 Å². The van der Waals surface area contributed by atoms with E-state index in [0.29, 0.717) is 0 Å². The fourth-order valence-corrected chi connectivity index (χ4v) is 2.29. The molecule has 0 aliphatic heterocycles. The Kier molecular flexibility index (Phi) is 2.74. The van der Waals surface area contributed by atoms with E-state index in [2.05, 4.69) is 32.9 Å². The van der Waals surface area contributed by atoms with Crippen molar-refractivity contribution in [3.05, 3.63) is 21.9 Å². The van der Waals surface area contributed by atoms with E-state index >= 15 is 0 Å². The van der Waals surface area contributed by atoms with Crippen molar-refractivity contribution in [3.63, 3.8) is 0 Å². The largest absolute Gasteiger partial charge is 0.312 e. The molecule has 3 heteroatoms. The van der Waals surface area contributed by atoms with Crippen molar-refractivity contribution in [2.24, 2.45) is 5.73 Å². The van der Waals surface area contributed by atoms with Crippen molar-refractivity contribution in [1.82, 2.24) is 0 Å². The van der Waals surface area contributed by atoms with E-state index in [1.54, 1.807) is 11.3 Å². The molecule has 1 unspecified atom stereocenters. The van der Waals surface area contributed by atoms with Gasteiger partial charge in [0.05, 0.1) is 6.07 Å². The summed E-state index contributed by atoms with van der Waals surface area (Å²) in [5.74, 6) is 0. The van der Waals surface area contributed by atoms with Crippen LogP contribution in [0.3, 0.4) is 0 Å². The summed E-state index contributed by atoms with van der Waals surface area (Å²) in [6.07, 6.45) is 0. The van der Waals surface area contributed by atoms with Crippen LogP contribution in [0.25, 0.3) is 0 Å². The van der Waals surface area contributed by atoms with Gasteiger partial charge in [-0.2, -0.15) is 5.26 Å². The van der Waals surface area contributed by atoms with Gasteiger partial charge >= 0.3 is 0 Å². The number of hydrogen-bond donors (Lipinski definition) is 1. The number of nitriles is 1. The third-order valence-corrected chi connectivity index (χ3v) is 2.92. The lowest BCUT2D eigenvalue weighted by Crippen LogP contribution is -2.16. The molecule has 1 atom stereocenters. The average molecular weight is 194 g/mol. The number of nitrogens with zero attached hydrogens (tertiary/aromatic N) is 1. The van der Waals surface area contributed by atoms with E-state index in [9.17, 15) is 0 Å². The van der Waals surface area contributed by atoms with Crippen molar-refractivity contribution in [1.29, 1.82) is 5.26 Å². The monoisotopic (exact) mass is 194 g/mol. The number of thiophene rings is 1. The molecule has 0 amide bonds. The van der Waals surface area contributed by atoms with E-state index in [1.807, 2.05) is 5.38 Å². The molecule has 0 spiro atoms. The molecular formula is C10H14N2S. The maximum Gasteiger partial charge on any atom is 0.128 e. The highest BCUT2D eigenvalue weighted by molar-refractivity contribution is 7.10. The summed E-state index contributed by atoms with van der Waals surface area (Å²) >= 11 is 1.56. The third-order valence-electron chi connectivity index (χ3n) is 1.92. The first-order valence-electron chi connectivity index (χ1n) is 4.20. The molecule has 1 rings (SSSR count). The van der Waals surface area contributed by atoms with E-state index < -0.39 is 6.04 Å². The first-order valence-corrected chi connectivity index (χ1v) is 5.08. The van der Waals surface area contributed by atoms with E-state index in [0.717, 1.165) is 4.88 Å². The standard InChI is InChI=1S/C10H14N2S/c1-10(2,3)7-4-5-13-9(7)8(12)6-11/h4-5,8H,12H2,1-3H3. The van der Waals surface area contributed by atoms with Gasteiger partial charge in [0.2, 0.25) is 0 Å². The van der Waals surface area contributed by atoms with Gasteiger partial charge in [-0.15, -0.1) is 11.3 Å². The lowest BCUT2D eigenvalue weighted by Gasteiger charge is -2.19. The quantitative estimate of drug-likeness (QED) is 0.747. The first kappa shape index (κ1) is 10.2. The fourth-order valence-electron chi connectivity index (χ4n) is 1.24. The highest BCUT2D eigenvalue weighted by Gasteiger charge is 2.21. The molecule has 0 saturated heterocycles. The van der Waals surface area contributed by atoms with E-state index in [-0.39, 0.29) is 5.41 Å². The Morgan fingerprint density at radius 3 is 2.62 bits per heavy atom. The SMILES string of the molecule is CC(C)(C)c1ccsc1C(N)C#N. The first-order chi connectivity index (χ1) is 5.96. The Morgan fingerprint density at radius 1 is 1.54 bits per heavy atom. The van der Waals surface area contributed by atoms with Crippen LogP contribution in [0, 0.1) is 11.3 Å². The second kappa shape index (κ2) is 3.49. The summed E-state index contributed by atoms with van der Waals surface area (Å²) < 4.78 is 0. The van der Waals surface area contributed by atoms with Crippen LogP contribution in [0.15, 0.2) is 11.4 Å². The molecule has 0 radical (unpaired) electrons. The molecular weight excluding hydrogens is 180 g/mol. The van der Waals surface area contributed by atoms with Gasteiger partial charge in [0.1, 0.15) is 6.04 Å². The molecule has 0 fully saturated rings. The Morgan fingerprint density at radius 2 is 2.15 bits per heavy atom. The minimum atomic E-state index is -0.478. The van der Waals surface area contributed by atoms with Crippen LogP contribution in [0.5, 0.6) is 0 Å². The molecule has 70 valence electrons. The van der Waals surface area contributed by atoms with Crippen molar-refractivity contribution < 1.29 is 0 Å². The van der Waals surface area contributed by atoms with Crippen molar-refractivity contribution in [3.8, 4) is 6.07 Å². The summed E-state index contributed by atoms with van der Waals surface area (Å²) in [6.45, 7) is 6.38. The second-order valence-electron chi connectivity index (χ2n) is 4.06. The lowest BCUT2D eigenvalue weighted by atomic mass is 9.86. The van der Waals surface area contributed by atoms with Gasteiger partial charge in [-0.3, -0.25) is 0 Å². The minimum absolute atomic E-state index is 0.0732. The van der Waals surface area contributed by atoms with Gasteiger partial charge in [0.25, 0.3) is 0 Å². The molecule has 13 heavy (non-hydrogen) atoms. The zero-order valence-corrected chi connectivity index (χ0v) is 8.98. The summed E-state index contributed by atoms with van der Waals surface area (Å²) in [4.78, 5) is 0.995. The van der Waals surface area contributed by atoms with Crippen LogP contribution in [0.1, 0.15) is 37.3 Å². The van der Waals surface area contributed by atoms with Crippen LogP contribution in [-0.2, 0) is 5.41 Å². The lowest BCUT2D eigenvalue weighted by molar-refractivity contribution is 0.584. The van der Waals surface area contributed by atoms with Gasteiger partial charge < -0.3 is 5.73 Å². The molecule has 1 aromatic rings. The van der Waals surface area contributed by atoms with E-state index in [4.69, 9.17) is 11.0 Å². The van der Waals surface area contributed by atoms with Gasteiger partial charge in [0.15, 0.2) is 0 Å². The minimum Gasteiger partial charge on any atom is -0.312 e. The summed E-state index contributed by atoms with van der Waals surface area (Å²) in [7, 11) is 0. The number of nitrogens with two attached hydrogens (primary N) is 1. The zero-order chi connectivity index (χ0) is 10.1. The fraction of sp³-hybridized carbons (Fsp3) is 0.500. The summed E-state index contributed by atoms with van der Waals surface area (Å²) in [5, 5.41) is 10.7. The summed E-state index contributed by atoms with van der Waals surface area (Å²) in [6, 6.07) is 3.64. The van der Waals surface area contributed by atoms with Crippen molar-refractivity contribution >= 4 is 11.3 Å². The van der Waals surface area contributed by atoms with Crippen LogP contribution < -0.4 is 5.73 Å². The smallest absolute Gasteiger partial charge is 0.128 e. The predicted molar refractivity (Wildman–Crippen MR) is 55.6 cm³/mol. The topological polar surface area (TPSA) is 49.8 Å². The Labute approximate surface area is 83.0 Å². The molecule has 1 heterocycles. The third kappa shape index (κ3) is 2.09. The van der Waals surface area contributed by atoms with Gasteiger partial charge in [-0.25, -0.2) is 0 Å². The maximum atomic E-state index is 8.73. The van der Waals surface area contributed by atoms with Gasteiger partial charge in [-0.05, 0) is 22.4 Å². The number of hydrogen-bond acceptors (Lipinski definition) is 3. The molecule has 2 N–H and O–H groups in total. The van der Waals surface area contributed by atoms with Crippen LogP contribution >= 0.6 is 11.3 Å². The Hall–Kier alpha value is -0.850. The second-order valence-corrected chi connectivity index (χ2v) is 5.00. The zero-order valence-electron chi connectivity index (χ0n) is 8.16. The van der Waals surface area contributed by atoms with Gasteiger partial charge in [-0.1, -0.05) is 20.8 Å². The molecule has 0 aromatic carbocycles. The highest BCUT2D eigenvalue weighted by Crippen LogP contribution is 2.32. The highest BCUT2D eigenvalue weighted by atomic mass is 32.1. The molecule has 0 bridgehead atoms. The normalized spacial score (nSPS) is 13.8. The van der Waals surface area contributed by atoms with Gasteiger partial charge in [0, 0.05) is 4.88 Å². The van der Waals surface area contributed by atoms with E-state index in [1.165, 1.54) is 5.56 Å². The van der Waals surface area contributed by atoms with Crippen LogP contribution in [0.2, 0.25) is 0 Å². The molecule has 0 aliphatic rings. The van der Waals surface area contributed by atoms with Crippen molar-refractivity contribution in [2.75, 3.05) is 0 Å². The Bertz CT molecular complexity index is 327. The van der Waals surface area contributed by atoms with Crippen molar-refractivity contribution in [2.45, 2.75) is 32.2 Å².